The molecule has 0 saturated carbocycles. The molecule has 1 aromatic carbocycles. The fourth-order valence-electron chi connectivity index (χ4n) is 2.45. The Morgan fingerprint density at radius 2 is 2.20 bits per heavy atom. The number of nitrogens with zero attached hydrogens (tertiary/aromatic N) is 3. The zero-order chi connectivity index (χ0) is 14.5. The molecule has 1 aliphatic rings. The molecular weight excluding hydrogens is 252 g/mol. The van der Waals surface area contributed by atoms with Crippen LogP contribution in [0.4, 0.5) is 5.69 Å². The number of nitrogens with one attached hydrogen (secondary N) is 1. The smallest absolute Gasteiger partial charge is 0.241 e. The highest BCUT2D eigenvalue weighted by Crippen LogP contribution is 2.23. The van der Waals surface area contributed by atoms with Gasteiger partial charge in [0.2, 0.25) is 5.91 Å². The van der Waals surface area contributed by atoms with Crippen LogP contribution in [0.1, 0.15) is 17.5 Å². The summed E-state index contributed by atoms with van der Waals surface area (Å²) in [6.45, 7) is 2.65. The Kier molecular flexibility index (Phi) is 4.59. The third kappa shape index (κ3) is 3.09. The summed E-state index contributed by atoms with van der Waals surface area (Å²) < 4.78 is 0. The third-order valence-electron chi connectivity index (χ3n) is 3.58. The standard InChI is InChI=1S/C15H20N4O/c1-17-10-12-4-5-14(13(8-12)9-16)19-7-3-6-18(2)15(20)11-19/h4-5,8,17H,3,6-7,10-11H2,1-2H3. The van der Waals surface area contributed by atoms with E-state index in [1.807, 2.05) is 37.2 Å². The lowest BCUT2D eigenvalue weighted by atomic mass is 10.1. The Morgan fingerprint density at radius 1 is 1.40 bits per heavy atom. The quantitative estimate of drug-likeness (QED) is 0.890. The summed E-state index contributed by atoms with van der Waals surface area (Å²) >= 11 is 0. The van der Waals surface area contributed by atoms with Crippen LogP contribution in [0.5, 0.6) is 0 Å². The fraction of sp³-hybridized carbons (Fsp3) is 0.467. The van der Waals surface area contributed by atoms with Gasteiger partial charge in [-0.1, -0.05) is 6.07 Å². The molecule has 0 radical (unpaired) electrons. The van der Waals surface area contributed by atoms with E-state index in [1.54, 1.807) is 4.90 Å². The minimum absolute atomic E-state index is 0.102. The first-order chi connectivity index (χ1) is 9.65. The van der Waals surface area contributed by atoms with Gasteiger partial charge in [-0.05, 0) is 31.2 Å². The summed E-state index contributed by atoms with van der Waals surface area (Å²) in [6.07, 6.45) is 0.922. The SMILES string of the molecule is CNCc1ccc(N2CCCN(C)C(=O)C2)c(C#N)c1. The van der Waals surface area contributed by atoms with Gasteiger partial charge in [-0.25, -0.2) is 0 Å². The van der Waals surface area contributed by atoms with Crippen molar-refractivity contribution in [2.24, 2.45) is 0 Å². The van der Waals surface area contributed by atoms with Crippen LogP contribution >= 0.6 is 0 Å². The number of rotatable bonds is 3. The highest BCUT2D eigenvalue weighted by Gasteiger charge is 2.21. The van der Waals surface area contributed by atoms with E-state index >= 15 is 0 Å². The van der Waals surface area contributed by atoms with Crippen LogP contribution in [-0.2, 0) is 11.3 Å². The lowest BCUT2D eigenvalue weighted by molar-refractivity contribution is -0.127. The van der Waals surface area contributed by atoms with Gasteiger partial charge in [0, 0.05) is 26.7 Å². The molecule has 0 bridgehead atoms. The number of hydrogen-bond acceptors (Lipinski definition) is 4. The molecule has 0 unspecified atom stereocenters. The van der Waals surface area contributed by atoms with Crippen LogP contribution in [-0.4, -0.2) is 44.5 Å². The number of carbonyl (C=O) groups is 1. The molecule has 1 saturated heterocycles. The molecule has 1 aromatic rings. The van der Waals surface area contributed by atoms with E-state index in [2.05, 4.69) is 11.4 Å². The maximum atomic E-state index is 12.0. The van der Waals surface area contributed by atoms with Crippen molar-refractivity contribution in [3.05, 3.63) is 29.3 Å². The van der Waals surface area contributed by atoms with E-state index in [4.69, 9.17) is 0 Å². The van der Waals surface area contributed by atoms with Crippen LogP contribution in [0.2, 0.25) is 0 Å². The number of benzene rings is 1. The van der Waals surface area contributed by atoms with Crippen LogP contribution in [0.25, 0.3) is 0 Å². The van der Waals surface area contributed by atoms with E-state index < -0.39 is 0 Å². The monoisotopic (exact) mass is 272 g/mol. The van der Waals surface area contributed by atoms with E-state index in [0.717, 1.165) is 37.3 Å². The minimum atomic E-state index is 0.102. The van der Waals surface area contributed by atoms with Crippen molar-refractivity contribution in [1.82, 2.24) is 10.2 Å². The summed E-state index contributed by atoms with van der Waals surface area (Å²) in [4.78, 5) is 15.7. The first-order valence-corrected chi connectivity index (χ1v) is 6.82. The second-order valence-corrected chi connectivity index (χ2v) is 5.08. The van der Waals surface area contributed by atoms with Crippen molar-refractivity contribution >= 4 is 11.6 Å². The van der Waals surface area contributed by atoms with E-state index in [9.17, 15) is 10.1 Å². The zero-order valence-corrected chi connectivity index (χ0v) is 12.0. The summed E-state index contributed by atoms with van der Waals surface area (Å²) in [5.41, 5.74) is 2.57. The molecule has 1 amide bonds. The highest BCUT2D eigenvalue weighted by atomic mass is 16.2. The summed E-state index contributed by atoms with van der Waals surface area (Å²) in [5, 5.41) is 12.4. The molecule has 0 aliphatic carbocycles. The predicted molar refractivity (Wildman–Crippen MR) is 78.4 cm³/mol. The van der Waals surface area contributed by atoms with Crippen LogP contribution in [0.15, 0.2) is 18.2 Å². The van der Waals surface area contributed by atoms with Crippen LogP contribution < -0.4 is 10.2 Å². The zero-order valence-electron chi connectivity index (χ0n) is 12.0. The number of nitriles is 1. The Labute approximate surface area is 119 Å². The summed E-state index contributed by atoms with van der Waals surface area (Å²) in [7, 11) is 3.70. The molecular formula is C15H20N4O. The maximum absolute atomic E-state index is 12.0. The molecule has 5 nitrogen and oxygen atoms in total. The normalized spacial score (nSPS) is 15.9. The van der Waals surface area contributed by atoms with Crippen molar-refractivity contribution in [1.29, 1.82) is 5.26 Å². The second-order valence-electron chi connectivity index (χ2n) is 5.08. The van der Waals surface area contributed by atoms with Gasteiger partial charge >= 0.3 is 0 Å². The number of hydrogen-bond donors (Lipinski definition) is 1. The molecule has 1 N–H and O–H groups in total. The highest BCUT2D eigenvalue weighted by molar-refractivity contribution is 5.82. The molecule has 2 rings (SSSR count). The largest absolute Gasteiger partial charge is 0.361 e. The molecule has 0 aromatic heterocycles. The van der Waals surface area contributed by atoms with Crippen molar-refractivity contribution in [2.45, 2.75) is 13.0 Å². The van der Waals surface area contributed by atoms with Crippen molar-refractivity contribution in [3.8, 4) is 6.07 Å². The molecule has 0 atom stereocenters. The number of anilines is 1. The first kappa shape index (κ1) is 14.4. The Bertz CT molecular complexity index is 535. The average Bonchev–Trinajstić information content (AvgIpc) is 2.61. The molecule has 106 valence electrons. The lowest BCUT2D eigenvalue weighted by Gasteiger charge is -2.23. The second kappa shape index (κ2) is 6.40. The van der Waals surface area contributed by atoms with Gasteiger partial charge in [0.25, 0.3) is 0 Å². The van der Waals surface area contributed by atoms with E-state index in [-0.39, 0.29) is 5.91 Å². The van der Waals surface area contributed by atoms with Gasteiger partial charge in [-0.15, -0.1) is 0 Å². The maximum Gasteiger partial charge on any atom is 0.241 e. The molecule has 1 fully saturated rings. The summed E-state index contributed by atoms with van der Waals surface area (Å²) in [6, 6.07) is 8.09. The number of carbonyl (C=O) groups excluding carboxylic acids is 1. The van der Waals surface area contributed by atoms with Gasteiger partial charge in [0.15, 0.2) is 0 Å². The molecule has 1 heterocycles. The van der Waals surface area contributed by atoms with Gasteiger partial charge < -0.3 is 15.1 Å². The number of amides is 1. The minimum Gasteiger partial charge on any atom is -0.361 e. The van der Waals surface area contributed by atoms with E-state index in [1.165, 1.54) is 0 Å². The van der Waals surface area contributed by atoms with Gasteiger partial charge in [0.05, 0.1) is 17.8 Å². The van der Waals surface area contributed by atoms with Gasteiger partial charge in [-0.3, -0.25) is 4.79 Å². The molecule has 1 aliphatic heterocycles. The lowest BCUT2D eigenvalue weighted by Crippen LogP contribution is -2.34. The van der Waals surface area contributed by atoms with Gasteiger partial charge in [0.1, 0.15) is 6.07 Å². The molecule has 5 heteroatoms. The van der Waals surface area contributed by atoms with Crippen LogP contribution in [0.3, 0.4) is 0 Å². The number of likely N-dealkylation sites (N-methyl/N-ethyl adjacent to an activating group) is 1. The predicted octanol–water partition coefficient (Wildman–Crippen LogP) is 0.946. The van der Waals surface area contributed by atoms with Crippen LogP contribution in [0, 0.1) is 11.3 Å². The van der Waals surface area contributed by atoms with Crippen molar-refractivity contribution in [2.75, 3.05) is 38.6 Å². The third-order valence-corrected chi connectivity index (χ3v) is 3.58. The topological polar surface area (TPSA) is 59.4 Å². The Hall–Kier alpha value is -2.06. The first-order valence-electron chi connectivity index (χ1n) is 6.82. The van der Waals surface area contributed by atoms with Crippen molar-refractivity contribution < 1.29 is 4.79 Å². The van der Waals surface area contributed by atoms with Crippen molar-refractivity contribution in [3.63, 3.8) is 0 Å². The van der Waals surface area contributed by atoms with E-state index in [0.29, 0.717) is 12.1 Å². The molecule has 20 heavy (non-hydrogen) atoms. The molecule has 0 spiro atoms. The average molecular weight is 272 g/mol. The Balaban J connectivity index is 2.27. The summed E-state index contributed by atoms with van der Waals surface area (Å²) in [5.74, 6) is 0.102. The fourth-order valence-corrected chi connectivity index (χ4v) is 2.45. The Morgan fingerprint density at radius 3 is 2.90 bits per heavy atom. The van der Waals surface area contributed by atoms with Gasteiger partial charge in [-0.2, -0.15) is 5.26 Å².